The molecule has 0 unspecified atom stereocenters. The van der Waals surface area contributed by atoms with E-state index in [0.717, 1.165) is 39.6 Å². The van der Waals surface area contributed by atoms with Gasteiger partial charge in [0.25, 0.3) is 0 Å². The van der Waals surface area contributed by atoms with E-state index in [1.165, 1.54) is 0 Å². The molecule has 2 aromatic heterocycles. The van der Waals surface area contributed by atoms with Crippen molar-refractivity contribution in [2.45, 2.75) is 33.6 Å². The molecule has 0 saturated carbocycles. The second-order valence-corrected chi connectivity index (χ2v) is 7.74. The first-order valence-corrected chi connectivity index (χ1v) is 11.0. The third-order valence-corrected chi connectivity index (χ3v) is 5.61. The summed E-state index contributed by atoms with van der Waals surface area (Å²) >= 11 is 0. The molecule has 0 radical (unpaired) electrons. The Hall–Kier alpha value is -3.87. The molecule has 2 heterocycles. The van der Waals surface area contributed by atoms with Gasteiger partial charge in [-0.3, -0.25) is 4.79 Å². The first-order chi connectivity index (χ1) is 16.0. The minimum absolute atomic E-state index is 0.0729. The Morgan fingerprint density at radius 3 is 2.55 bits per heavy atom. The highest BCUT2D eigenvalue weighted by atomic mass is 16.5. The number of amides is 1. The summed E-state index contributed by atoms with van der Waals surface area (Å²) in [6, 6.07) is 17.2. The number of rotatable bonds is 8. The number of aryl methyl sites for hydroxylation is 2. The summed E-state index contributed by atoms with van der Waals surface area (Å²) in [4.78, 5) is 17.4. The summed E-state index contributed by atoms with van der Waals surface area (Å²) in [5.41, 5.74) is 6.05. The van der Waals surface area contributed by atoms with Gasteiger partial charge in [0.2, 0.25) is 5.91 Å². The summed E-state index contributed by atoms with van der Waals surface area (Å²) in [5.74, 6) is 1.36. The molecule has 1 N–H and O–H groups in total. The first-order valence-electron chi connectivity index (χ1n) is 11.0. The summed E-state index contributed by atoms with van der Waals surface area (Å²) in [7, 11) is 1.65. The zero-order chi connectivity index (χ0) is 23.4. The van der Waals surface area contributed by atoms with Crippen molar-refractivity contribution in [1.29, 1.82) is 0 Å². The number of carbonyl (C=O) groups excluding carboxylic acids is 1. The van der Waals surface area contributed by atoms with Crippen LogP contribution in [0, 0.1) is 13.8 Å². The monoisotopic (exact) mass is 444 g/mol. The van der Waals surface area contributed by atoms with Crippen molar-refractivity contribution >= 4 is 17.2 Å². The van der Waals surface area contributed by atoms with E-state index in [4.69, 9.17) is 19.6 Å². The van der Waals surface area contributed by atoms with Gasteiger partial charge in [-0.05, 0) is 57.0 Å². The number of methoxy groups -OCH3 is 1. The first kappa shape index (κ1) is 22.3. The second-order valence-electron chi connectivity index (χ2n) is 7.74. The molecule has 33 heavy (non-hydrogen) atoms. The van der Waals surface area contributed by atoms with Crippen LogP contribution in [0.15, 0.2) is 54.6 Å². The Bertz CT molecular complexity index is 1300. The van der Waals surface area contributed by atoms with E-state index in [1.54, 1.807) is 7.11 Å². The van der Waals surface area contributed by atoms with Gasteiger partial charge in [0.1, 0.15) is 11.5 Å². The fourth-order valence-electron chi connectivity index (χ4n) is 3.98. The van der Waals surface area contributed by atoms with Gasteiger partial charge >= 0.3 is 0 Å². The number of fused-ring (bicyclic) bond motifs is 1. The highest BCUT2D eigenvalue weighted by Crippen LogP contribution is 2.30. The highest BCUT2D eigenvalue weighted by molar-refractivity contribution is 5.92. The van der Waals surface area contributed by atoms with Crippen LogP contribution >= 0.6 is 0 Å². The van der Waals surface area contributed by atoms with E-state index in [0.29, 0.717) is 30.9 Å². The molecule has 2 aromatic carbocycles. The fraction of sp³-hybridized carbons (Fsp3) is 0.269. The second kappa shape index (κ2) is 9.73. The number of para-hydroxylation sites is 3. The number of nitrogens with zero attached hydrogens (tertiary/aromatic N) is 3. The predicted molar refractivity (Wildman–Crippen MR) is 129 cm³/mol. The summed E-state index contributed by atoms with van der Waals surface area (Å²) < 4.78 is 12.9. The van der Waals surface area contributed by atoms with E-state index in [1.807, 2.05) is 79.9 Å². The van der Waals surface area contributed by atoms with Gasteiger partial charge in [-0.25, -0.2) is 9.50 Å². The topological polar surface area (TPSA) is 77.8 Å². The number of benzene rings is 2. The van der Waals surface area contributed by atoms with Crippen molar-refractivity contribution in [3.8, 4) is 22.8 Å². The predicted octanol–water partition coefficient (Wildman–Crippen LogP) is 4.99. The third-order valence-electron chi connectivity index (χ3n) is 5.61. The third kappa shape index (κ3) is 4.67. The van der Waals surface area contributed by atoms with Crippen molar-refractivity contribution in [3.63, 3.8) is 0 Å². The fourth-order valence-corrected chi connectivity index (χ4v) is 3.98. The molecule has 7 nitrogen and oxygen atoms in total. The largest absolute Gasteiger partial charge is 0.496 e. The molecule has 0 aliphatic heterocycles. The van der Waals surface area contributed by atoms with Gasteiger partial charge in [-0.15, -0.1) is 0 Å². The quantitative estimate of drug-likeness (QED) is 0.414. The molecule has 4 rings (SSSR count). The maximum Gasteiger partial charge on any atom is 0.224 e. The minimum Gasteiger partial charge on any atom is -0.496 e. The highest BCUT2D eigenvalue weighted by Gasteiger charge is 2.16. The Labute approximate surface area is 193 Å². The Kier molecular flexibility index (Phi) is 6.58. The Balaban J connectivity index is 1.55. The van der Waals surface area contributed by atoms with Crippen LogP contribution in [0.5, 0.6) is 11.5 Å². The number of aromatic nitrogens is 3. The number of ether oxygens (including phenoxy) is 2. The molecule has 170 valence electrons. The van der Waals surface area contributed by atoms with E-state index < -0.39 is 0 Å². The lowest BCUT2D eigenvalue weighted by Crippen LogP contribution is -2.15. The zero-order valence-corrected chi connectivity index (χ0v) is 19.4. The molecule has 7 heteroatoms. The molecule has 0 saturated heterocycles. The molecule has 0 bridgehead atoms. The van der Waals surface area contributed by atoms with Gasteiger partial charge in [-0.2, -0.15) is 5.10 Å². The average Bonchev–Trinajstić information content (AvgIpc) is 3.24. The van der Waals surface area contributed by atoms with Gasteiger partial charge in [-0.1, -0.05) is 24.3 Å². The lowest BCUT2D eigenvalue weighted by Gasteiger charge is -2.13. The lowest BCUT2D eigenvalue weighted by atomic mass is 10.1. The average molecular weight is 445 g/mol. The minimum atomic E-state index is -0.0729. The molecule has 0 atom stereocenters. The summed E-state index contributed by atoms with van der Waals surface area (Å²) in [6.07, 6.45) is 0.892. The van der Waals surface area contributed by atoms with Gasteiger partial charge in [0, 0.05) is 29.4 Å². The summed E-state index contributed by atoms with van der Waals surface area (Å²) in [5, 5.41) is 7.74. The van der Waals surface area contributed by atoms with Gasteiger partial charge in [0.05, 0.1) is 25.1 Å². The maximum atomic E-state index is 12.7. The van der Waals surface area contributed by atoms with Gasteiger partial charge < -0.3 is 14.8 Å². The Morgan fingerprint density at radius 2 is 1.79 bits per heavy atom. The molecule has 0 aliphatic rings. The molecule has 0 spiro atoms. The van der Waals surface area contributed by atoms with Gasteiger partial charge in [0.15, 0.2) is 5.65 Å². The SMILES string of the molecule is CCOc1ccccc1NC(=O)CCc1c(C)nc2cc(-c3ccccc3OC)nn2c1C. The molecular weight excluding hydrogens is 416 g/mol. The van der Waals surface area contributed by atoms with Crippen LogP contribution in [0.1, 0.15) is 30.3 Å². The van der Waals surface area contributed by atoms with Crippen LogP contribution in [0.4, 0.5) is 5.69 Å². The van der Waals surface area contributed by atoms with Crippen LogP contribution < -0.4 is 14.8 Å². The van der Waals surface area contributed by atoms with E-state index in [9.17, 15) is 4.79 Å². The smallest absolute Gasteiger partial charge is 0.224 e. The van der Waals surface area contributed by atoms with Crippen LogP contribution in [0.2, 0.25) is 0 Å². The normalized spacial score (nSPS) is 10.9. The molecule has 1 amide bonds. The van der Waals surface area contributed by atoms with Crippen LogP contribution in [-0.2, 0) is 11.2 Å². The maximum absolute atomic E-state index is 12.7. The molecule has 0 fully saturated rings. The van der Waals surface area contributed by atoms with Crippen molar-refractivity contribution in [2.75, 3.05) is 19.0 Å². The lowest BCUT2D eigenvalue weighted by molar-refractivity contribution is -0.116. The number of carbonyl (C=O) groups is 1. The standard InChI is InChI=1S/C26H28N4O3/c1-5-33-24-13-9-7-11-21(24)28-26(31)15-14-19-17(2)27-25-16-22(29-30(25)18(19)3)20-10-6-8-12-23(20)32-4/h6-13,16H,5,14-15H2,1-4H3,(H,28,31). The van der Waals surface area contributed by atoms with Crippen molar-refractivity contribution in [3.05, 3.63) is 71.5 Å². The zero-order valence-electron chi connectivity index (χ0n) is 19.4. The van der Waals surface area contributed by atoms with E-state index >= 15 is 0 Å². The molecule has 4 aromatic rings. The summed E-state index contributed by atoms with van der Waals surface area (Å²) in [6.45, 7) is 6.44. The van der Waals surface area contributed by atoms with E-state index in [-0.39, 0.29) is 5.91 Å². The Morgan fingerprint density at radius 1 is 1.06 bits per heavy atom. The number of hydrogen-bond acceptors (Lipinski definition) is 5. The molecule has 0 aliphatic carbocycles. The van der Waals surface area contributed by atoms with Crippen LogP contribution in [0.3, 0.4) is 0 Å². The number of hydrogen-bond donors (Lipinski definition) is 1. The van der Waals surface area contributed by atoms with Crippen molar-refractivity contribution < 1.29 is 14.3 Å². The number of anilines is 1. The molecular formula is C26H28N4O3. The van der Waals surface area contributed by atoms with E-state index in [2.05, 4.69) is 5.32 Å². The van der Waals surface area contributed by atoms with Crippen molar-refractivity contribution in [1.82, 2.24) is 14.6 Å². The van der Waals surface area contributed by atoms with Crippen molar-refractivity contribution in [2.24, 2.45) is 0 Å². The van der Waals surface area contributed by atoms with Crippen LogP contribution in [0.25, 0.3) is 16.9 Å². The van der Waals surface area contributed by atoms with Crippen LogP contribution in [-0.4, -0.2) is 34.2 Å². The number of nitrogens with one attached hydrogen (secondary N) is 1.